The van der Waals surface area contributed by atoms with Gasteiger partial charge in [0.25, 0.3) is 0 Å². The van der Waals surface area contributed by atoms with Crippen molar-refractivity contribution in [2.45, 2.75) is 37.9 Å². The van der Waals surface area contributed by atoms with Crippen LogP contribution in [0.2, 0.25) is 0 Å². The number of aromatic nitrogens is 3. The second-order valence-corrected chi connectivity index (χ2v) is 3.90. The Labute approximate surface area is 83.7 Å². The topological polar surface area (TPSA) is 68.8 Å². The largest absolute Gasteiger partial charge is 0.328 e. The van der Waals surface area contributed by atoms with E-state index in [2.05, 4.69) is 15.6 Å². The van der Waals surface area contributed by atoms with Crippen molar-refractivity contribution in [2.75, 3.05) is 6.54 Å². The van der Waals surface area contributed by atoms with E-state index in [-0.39, 0.29) is 0 Å². The lowest BCUT2D eigenvalue weighted by Crippen LogP contribution is -2.48. The number of rotatable bonds is 5. The van der Waals surface area contributed by atoms with Gasteiger partial charge in [-0.15, -0.1) is 5.10 Å². The van der Waals surface area contributed by atoms with Crippen LogP contribution in [0, 0.1) is 0 Å². The van der Waals surface area contributed by atoms with Crippen molar-refractivity contribution >= 4 is 0 Å². The fourth-order valence-electron chi connectivity index (χ4n) is 1.73. The molecule has 0 aromatic carbocycles. The standard InChI is InChI=1S/C9H17N5/c10-8-6-9(7-8)11-2-1-4-14-5-3-12-13-14/h3,5,8-9,11H,1-2,4,6-7,10H2. The highest BCUT2D eigenvalue weighted by atomic mass is 15.4. The van der Waals surface area contributed by atoms with Gasteiger partial charge in [0.05, 0.1) is 6.20 Å². The van der Waals surface area contributed by atoms with Crippen molar-refractivity contribution in [1.29, 1.82) is 0 Å². The van der Waals surface area contributed by atoms with Crippen molar-refractivity contribution in [3.05, 3.63) is 12.4 Å². The van der Waals surface area contributed by atoms with Gasteiger partial charge in [-0.3, -0.25) is 4.68 Å². The minimum absolute atomic E-state index is 0.433. The Morgan fingerprint density at radius 3 is 3.00 bits per heavy atom. The predicted molar refractivity (Wildman–Crippen MR) is 53.6 cm³/mol. The molecule has 1 aromatic rings. The molecule has 78 valence electrons. The molecule has 1 aromatic heterocycles. The van der Waals surface area contributed by atoms with E-state index in [1.165, 1.54) is 0 Å². The summed E-state index contributed by atoms with van der Waals surface area (Å²) in [6.45, 7) is 1.98. The van der Waals surface area contributed by atoms with Crippen LogP contribution < -0.4 is 11.1 Å². The molecule has 0 radical (unpaired) electrons. The van der Waals surface area contributed by atoms with Crippen molar-refractivity contribution in [1.82, 2.24) is 20.3 Å². The van der Waals surface area contributed by atoms with E-state index in [4.69, 9.17) is 5.73 Å². The Kier molecular flexibility index (Phi) is 3.10. The molecule has 0 atom stereocenters. The van der Waals surface area contributed by atoms with Crippen LogP contribution in [0.5, 0.6) is 0 Å². The third kappa shape index (κ3) is 2.52. The molecular formula is C9H17N5. The summed E-state index contributed by atoms with van der Waals surface area (Å²) < 4.78 is 1.86. The number of nitrogens with two attached hydrogens (primary N) is 1. The van der Waals surface area contributed by atoms with Crippen LogP contribution >= 0.6 is 0 Å². The summed E-state index contributed by atoms with van der Waals surface area (Å²) in [5, 5.41) is 11.1. The maximum Gasteiger partial charge on any atom is 0.0692 e. The zero-order valence-corrected chi connectivity index (χ0v) is 8.26. The smallest absolute Gasteiger partial charge is 0.0692 e. The summed E-state index contributed by atoms with van der Waals surface area (Å²) >= 11 is 0. The van der Waals surface area contributed by atoms with Gasteiger partial charge >= 0.3 is 0 Å². The molecule has 1 fully saturated rings. The van der Waals surface area contributed by atoms with Gasteiger partial charge < -0.3 is 11.1 Å². The van der Waals surface area contributed by atoms with Gasteiger partial charge in [0, 0.05) is 24.8 Å². The maximum absolute atomic E-state index is 5.69. The molecule has 5 heteroatoms. The molecule has 0 amide bonds. The highest BCUT2D eigenvalue weighted by Gasteiger charge is 2.24. The van der Waals surface area contributed by atoms with Crippen LogP contribution in [0.1, 0.15) is 19.3 Å². The second-order valence-electron chi connectivity index (χ2n) is 3.90. The van der Waals surface area contributed by atoms with Gasteiger partial charge in [0.2, 0.25) is 0 Å². The summed E-state index contributed by atoms with van der Waals surface area (Å²) in [5.74, 6) is 0. The van der Waals surface area contributed by atoms with E-state index >= 15 is 0 Å². The minimum Gasteiger partial charge on any atom is -0.328 e. The van der Waals surface area contributed by atoms with Crippen molar-refractivity contribution < 1.29 is 0 Å². The Hall–Kier alpha value is -0.940. The zero-order chi connectivity index (χ0) is 9.80. The van der Waals surface area contributed by atoms with Gasteiger partial charge in [-0.05, 0) is 25.8 Å². The summed E-state index contributed by atoms with van der Waals surface area (Å²) in [6.07, 6.45) is 6.94. The Morgan fingerprint density at radius 2 is 2.36 bits per heavy atom. The highest BCUT2D eigenvalue weighted by molar-refractivity contribution is 4.87. The number of hydrogen-bond acceptors (Lipinski definition) is 4. The molecule has 1 heterocycles. The molecule has 1 aliphatic carbocycles. The lowest BCUT2D eigenvalue weighted by Gasteiger charge is -2.33. The Morgan fingerprint density at radius 1 is 1.50 bits per heavy atom. The van der Waals surface area contributed by atoms with Crippen molar-refractivity contribution in [3.63, 3.8) is 0 Å². The van der Waals surface area contributed by atoms with Gasteiger partial charge in [0.15, 0.2) is 0 Å². The van der Waals surface area contributed by atoms with Crippen LogP contribution in [-0.4, -0.2) is 33.6 Å². The van der Waals surface area contributed by atoms with E-state index < -0.39 is 0 Å². The minimum atomic E-state index is 0.433. The molecule has 2 rings (SSSR count). The van der Waals surface area contributed by atoms with Gasteiger partial charge in [0.1, 0.15) is 0 Å². The van der Waals surface area contributed by atoms with Crippen LogP contribution in [0.3, 0.4) is 0 Å². The molecule has 0 spiro atoms. The molecule has 0 aliphatic heterocycles. The number of aryl methyl sites for hydroxylation is 1. The Balaban J connectivity index is 1.52. The third-order valence-electron chi connectivity index (χ3n) is 2.64. The monoisotopic (exact) mass is 195 g/mol. The van der Waals surface area contributed by atoms with Crippen molar-refractivity contribution in [2.24, 2.45) is 5.73 Å². The molecule has 0 bridgehead atoms. The summed E-state index contributed by atoms with van der Waals surface area (Å²) in [5.41, 5.74) is 5.69. The first-order valence-corrected chi connectivity index (χ1v) is 5.17. The fraction of sp³-hybridized carbons (Fsp3) is 0.778. The summed E-state index contributed by atoms with van der Waals surface area (Å²) in [6, 6.07) is 1.09. The zero-order valence-electron chi connectivity index (χ0n) is 8.26. The lowest BCUT2D eigenvalue weighted by molar-refractivity contribution is 0.289. The molecule has 0 saturated heterocycles. The molecule has 14 heavy (non-hydrogen) atoms. The van der Waals surface area contributed by atoms with Crippen LogP contribution in [-0.2, 0) is 6.54 Å². The first-order chi connectivity index (χ1) is 6.84. The maximum atomic E-state index is 5.69. The third-order valence-corrected chi connectivity index (χ3v) is 2.64. The van der Waals surface area contributed by atoms with Gasteiger partial charge in [-0.1, -0.05) is 5.21 Å². The summed E-state index contributed by atoms with van der Waals surface area (Å²) in [7, 11) is 0. The first kappa shape index (κ1) is 9.61. The number of nitrogens with zero attached hydrogens (tertiary/aromatic N) is 3. The van der Waals surface area contributed by atoms with Gasteiger partial charge in [-0.25, -0.2) is 0 Å². The van der Waals surface area contributed by atoms with Crippen LogP contribution in [0.15, 0.2) is 12.4 Å². The SMILES string of the molecule is NC1CC(NCCCn2ccnn2)C1. The predicted octanol–water partition coefficient (Wildman–Crippen LogP) is -0.253. The van der Waals surface area contributed by atoms with E-state index in [1.54, 1.807) is 6.20 Å². The van der Waals surface area contributed by atoms with Crippen LogP contribution in [0.4, 0.5) is 0 Å². The lowest BCUT2D eigenvalue weighted by atomic mass is 9.88. The molecule has 0 unspecified atom stereocenters. The Bertz CT molecular complexity index is 252. The number of nitrogens with one attached hydrogen (secondary N) is 1. The molecule has 1 saturated carbocycles. The van der Waals surface area contributed by atoms with Crippen LogP contribution in [0.25, 0.3) is 0 Å². The summed E-state index contributed by atoms with van der Waals surface area (Å²) in [4.78, 5) is 0. The molecular weight excluding hydrogens is 178 g/mol. The number of hydrogen-bond donors (Lipinski definition) is 2. The average Bonchev–Trinajstić information content (AvgIpc) is 2.61. The average molecular weight is 195 g/mol. The highest BCUT2D eigenvalue weighted by Crippen LogP contribution is 2.16. The molecule has 3 N–H and O–H groups in total. The molecule has 1 aliphatic rings. The van der Waals surface area contributed by atoms with E-state index in [0.29, 0.717) is 12.1 Å². The van der Waals surface area contributed by atoms with Gasteiger partial charge in [-0.2, -0.15) is 0 Å². The second kappa shape index (κ2) is 4.52. The van der Waals surface area contributed by atoms with E-state index in [0.717, 1.165) is 32.4 Å². The van der Waals surface area contributed by atoms with E-state index in [1.807, 2.05) is 10.9 Å². The first-order valence-electron chi connectivity index (χ1n) is 5.17. The quantitative estimate of drug-likeness (QED) is 0.636. The normalized spacial score (nSPS) is 26.1. The fourth-order valence-corrected chi connectivity index (χ4v) is 1.73. The van der Waals surface area contributed by atoms with Crippen molar-refractivity contribution in [3.8, 4) is 0 Å². The van der Waals surface area contributed by atoms with E-state index in [9.17, 15) is 0 Å². The molecule has 5 nitrogen and oxygen atoms in total.